The van der Waals surface area contributed by atoms with E-state index in [0.717, 1.165) is 15.4 Å². The van der Waals surface area contributed by atoms with Crippen LogP contribution in [-0.4, -0.2) is 4.98 Å². The Labute approximate surface area is 84.9 Å². The first-order valence-electron chi connectivity index (χ1n) is 3.99. The van der Waals surface area contributed by atoms with Crippen molar-refractivity contribution in [1.82, 2.24) is 4.98 Å². The van der Waals surface area contributed by atoms with Crippen LogP contribution in [0.15, 0.2) is 28.7 Å². The van der Waals surface area contributed by atoms with Gasteiger partial charge in [-0.3, -0.25) is 0 Å². The van der Waals surface area contributed by atoms with Crippen molar-refractivity contribution in [3.05, 3.63) is 34.3 Å². The number of nitrogens with two attached hydrogens (primary N) is 1. The minimum Gasteiger partial charge on any atom is -0.384 e. The van der Waals surface area contributed by atoms with E-state index in [4.69, 9.17) is 5.73 Å². The van der Waals surface area contributed by atoms with E-state index in [9.17, 15) is 0 Å². The average Bonchev–Trinajstić information content (AvgIpc) is 2.06. The number of pyridine rings is 1. The molecule has 13 heavy (non-hydrogen) atoms. The molecule has 0 amide bonds. The first kappa shape index (κ1) is 8.51. The minimum absolute atomic E-state index is 0.553. The predicted octanol–water partition coefficient (Wildman–Crippen LogP) is 2.89. The highest BCUT2D eigenvalue weighted by atomic mass is 79.9. The molecule has 2 rings (SSSR count). The zero-order chi connectivity index (χ0) is 9.42. The Morgan fingerprint density at radius 1 is 1.31 bits per heavy atom. The van der Waals surface area contributed by atoms with E-state index in [1.54, 1.807) is 0 Å². The third-order valence-corrected chi connectivity index (χ3v) is 2.52. The van der Waals surface area contributed by atoms with Crippen molar-refractivity contribution in [2.75, 3.05) is 5.73 Å². The quantitative estimate of drug-likeness (QED) is 0.765. The highest BCUT2D eigenvalue weighted by molar-refractivity contribution is 9.10. The highest BCUT2D eigenvalue weighted by Gasteiger charge is 2.01. The average molecular weight is 237 g/mol. The minimum atomic E-state index is 0.553. The number of anilines is 1. The monoisotopic (exact) mass is 236 g/mol. The van der Waals surface area contributed by atoms with Crippen molar-refractivity contribution in [2.24, 2.45) is 0 Å². The second-order valence-electron chi connectivity index (χ2n) is 3.05. The number of aryl methyl sites for hydroxylation is 1. The summed E-state index contributed by atoms with van der Waals surface area (Å²) in [4.78, 5) is 4.25. The van der Waals surface area contributed by atoms with Gasteiger partial charge in [-0.25, -0.2) is 4.98 Å². The Morgan fingerprint density at radius 2 is 2.08 bits per heavy atom. The van der Waals surface area contributed by atoms with Crippen LogP contribution in [-0.2, 0) is 0 Å². The number of aromatic nitrogens is 1. The van der Waals surface area contributed by atoms with Gasteiger partial charge in [0.05, 0.1) is 5.52 Å². The van der Waals surface area contributed by atoms with Crippen molar-refractivity contribution in [3.63, 3.8) is 0 Å². The molecule has 2 aromatic rings. The first-order valence-corrected chi connectivity index (χ1v) is 4.78. The normalized spacial score (nSPS) is 10.6. The molecule has 0 bridgehead atoms. The summed E-state index contributed by atoms with van der Waals surface area (Å²) in [5.41, 5.74) is 7.73. The second-order valence-corrected chi connectivity index (χ2v) is 3.91. The van der Waals surface area contributed by atoms with Crippen LogP contribution < -0.4 is 5.73 Å². The molecule has 0 saturated carbocycles. The zero-order valence-electron chi connectivity index (χ0n) is 7.21. The number of nitrogen functional groups attached to an aromatic ring is 1. The molecule has 0 aliphatic heterocycles. The maximum Gasteiger partial charge on any atom is 0.124 e. The topological polar surface area (TPSA) is 38.9 Å². The van der Waals surface area contributed by atoms with Gasteiger partial charge >= 0.3 is 0 Å². The van der Waals surface area contributed by atoms with Gasteiger partial charge in [0, 0.05) is 9.86 Å². The Morgan fingerprint density at radius 3 is 2.85 bits per heavy atom. The fraction of sp³-hybridized carbons (Fsp3) is 0.100. The number of fused-ring (bicyclic) bond motifs is 1. The van der Waals surface area contributed by atoms with Gasteiger partial charge in [0.2, 0.25) is 0 Å². The molecule has 0 spiro atoms. The Kier molecular flexibility index (Phi) is 1.96. The largest absolute Gasteiger partial charge is 0.384 e. The Hall–Kier alpha value is -1.09. The summed E-state index contributed by atoms with van der Waals surface area (Å²) in [5.74, 6) is 0.553. The lowest BCUT2D eigenvalue weighted by Crippen LogP contribution is -1.90. The van der Waals surface area contributed by atoms with E-state index < -0.39 is 0 Å². The van der Waals surface area contributed by atoms with Crippen LogP contribution in [0.25, 0.3) is 10.9 Å². The smallest absolute Gasteiger partial charge is 0.124 e. The van der Waals surface area contributed by atoms with Crippen LogP contribution in [0.2, 0.25) is 0 Å². The first-order chi connectivity index (χ1) is 6.16. The fourth-order valence-corrected chi connectivity index (χ4v) is 2.03. The van der Waals surface area contributed by atoms with Crippen LogP contribution >= 0.6 is 15.9 Å². The van der Waals surface area contributed by atoms with Crippen LogP contribution in [0.3, 0.4) is 0 Å². The molecule has 1 heterocycles. The highest BCUT2D eigenvalue weighted by Crippen LogP contribution is 2.24. The van der Waals surface area contributed by atoms with E-state index in [2.05, 4.69) is 33.9 Å². The van der Waals surface area contributed by atoms with Crippen LogP contribution in [0.5, 0.6) is 0 Å². The molecule has 3 heteroatoms. The van der Waals surface area contributed by atoms with Gasteiger partial charge in [0.1, 0.15) is 5.82 Å². The van der Waals surface area contributed by atoms with E-state index in [1.807, 2.05) is 18.2 Å². The van der Waals surface area contributed by atoms with E-state index in [0.29, 0.717) is 5.82 Å². The molecule has 2 nitrogen and oxygen atoms in total. The zero-order valence-corrected chi connectivity index (χ0v) is 8.80. The maximum atomic E-state index is 5.60. The van der Waals surface area contributed by atoms with Crippen LogP contribution in [0.1, 0.15) is 5.56 Å². The molecule has 1 aromatic heterocycles. The van der Waals surface area contributed by atoms with Crippen LogP contribution in [0, 0.1) is 6.92 Å². The van der Waals surface area contributed by atoms with Gasteiger partial charge < -0.3 is 5.73 Å². The molecular formula is C10H9BrN2. The number of rotatable bonds is 0. The lowest BCUT2D eigenvalue weighted by atomic mass is 10.1. The van der Waals surface area contributed by atoms with Crippen LogP contribution in [0.4, 0.5) is 5.82 Å². The van der Waals surface area contributed by atoms with Gasteiger partial charge in [-0.2, -0.15) is 0 Å². The summed E-state index contributed by atoms with van der Waals surface area (Å²) in [5, 5.41) is 1.11. The number of hydrogen-bond acceptors (Lipinski definition) is 2. The Balaban J connectivity index is 2.87. The summed E-state index contributed by atoms with van der Waals surface area (Å²) in [7, 11) is 0. The van der Waals surface area contributed by atoms with Crippen molar-refractivity contribution >= 4 is 32.7 Å². The predicted molar refractivity (Wildman–Crippen MR) is 58.6 cm³/mol. The summed E-state index contributed by atoms with van der Waals surface area (Å²) >= 11 is 3.46. The number of hydrogen-bond donors (Lipinski definition) is 1. The molecule has 0 atom stereocenters. The van der Waals surface area contributed by atoms with Gasteiger partial charge in [-0.05, 0) is 52.7 Å². The van der Waals surface area contributed by atoms with E-state index in [-0.39, 0.29) is 0 Å². The lowest BCUT2D eigenvalue weighted by molar-refractivity contribution is 1.38. The molecule has 66 valence electrons. The standard InChI is InChI=1S/C10H9BrN2/c1-6-4-7-2-3-9(12)13-10(7)8(11)5-6/h2-5H,1H3,(H2,12,13). The third kappa shape index (κ3) is 1.52. The van der Waals surface area contributed by atoms with E-state index in [1.165, 1.54) is 5.56 Å². The molecule has 0 aliphatic carbocycles. The van der Waals surface area contributed by atoms with Crippen molar-refractivity contribution in [2.45, 2.75) is 6.92 Å². The molecule has 1 aromatic carbocycles. The van der Waals surface area contributed by atoms with Crippen molar-refractivity contribution in [3.8, 4) is 0 Å². The number of benzene rings is 1. The SMILES string of the molecule is Cc1cc(Br)c2nc(N)ccc2c1. The fourth-order valence-electron chi connectivity index (χ4n) is 1.35. The van der Waals surface area contributed by atoms with Gasteiger partial charge in [-0.1, -0.05) is 0 Å². The molecule has 0 aliphatic rings. The van der Waals surface area contributed by atoms with Crippen molar-refractivity contribution in [1.29, 1.82) is 0 Å². The van der Waals surface area contributed by atoms with Gasteiger partial charge in [0.15, 0.2) is 0 Å². The summed E-state index contributed by atoms with van der Waals surface area (Å²) < 4.78 is 0.995. The lowest BCUT2D eigenvalue weighted by Gasteiger charge is -2.02. The van der Waals surface area contributed by atoms with E-state index >= 15 is 0 Å². The summed E-state index contributed by atoms with van der Waals surface area (Å²) in [6.07, 6.45) is 0. The molecule has 0 saturated heterocycles. The van der Waals surface area contributed by atoms with Gasteiger partial charge in [0.25, 0.3) is 0 Å². The van der Waals surface area contributed by atoms with Crippen molar-refractivity contribution < 1.29 is 0 Å². The molecule has 0 radical (unpaired) electrons. The molecule has 0 unspecified atom stereocenters. The Bertz CT molecular complexity index is 466. The third-order valence-electron chi connectivity index (χ3n) is 1.91. The second kappa shape index (κ2) is 3.00. The number of nitrogens with zero attached hydrogens (tertiary/aromatic N) is 1. The summed E-state index contributed by atoms with van der Waals surface area (Å²) in [6, 6.07) is 7.92. The maximum absolute atomic E-state index is 5.60. The molecule has 2 N–H and O–H groups in total. The summed E-state index contributed by atoms with van der Waals surface area (Å²) in [6.45, 7) is 2.06. The number of halogens is 1. The molecular weight excluding hydrogens is 228 g/mol. The molecule has 0 fully saturated rings. The van der Waals surface area contributed by atoms with Gasteiger partial charge in [-0.15, -0.1) is 0 Å².